The normalized spacial score (nSPS) is 10.4. The molecule has 1 N–H and O–H groups in total. The maximum Gasteiger partial charge on any atom is 0.335 e. The molecule has 3 rings (SSSR count). The van der Waals surface area contributed by atoms with Gasteiger partial charge < -0.3 is 14.7 Å². The molecule has 0 radical (unpaired) electrons. The van der Waals surface area contributed by atoms with Crippen molar-refractivity contribution in [2.24, 2.45) is 0 Å². The standard InChI is InChI=1S/C25H21F2NO3/c1-16(2)28(21-8-6-7-18(13-21)25(29)30)17(3)22-9-4-5-10-24(22)31-15-19-11-12-20(26)14-23(19)27/h4-14H,1,3,15H2,2H3,(H,29,30). The highest BCUT2D eigenvalue weighted by Gasteiger charge is 2.18. The second kappa shape index (κ2) is 9.26. The number of nitrogens with zero attached hydrogens (tertiary/aromatic N) is 1. The summed E-state index contributed by atoms with van der Waals surface area (Å²) in [5.74, 6) is -1.95. The predicted octanol–water partition coefficient (Wildman–Crippen LogP) is 6.25. The first-order valence-corrected chi connectivity index (χ1v) is 9.42. The van der Waals surface area contributed by atoms with E-state index >= 15 is 0 Å². The number of carboxylic acid groups (broad SMARTS) is 1. The van der Waals surface area contributed by atoms with Crippen LogP contribution in [-0.4, -0.2) is 11.1 Å². The van der Waals surface area contributed by atoms with E-state index in [9.17, 15) is 18.7 Å². The number of anilines is 1. The van der Waals surface area contributed by atoms with E-state index in [0.29, 0.717) is 28.4 Å². The van der Waals surface area contributed by atoms with Crippen molar-refractivity contribution < 1.29 is 23.4 Å². The highest BCUT2D eigenvalue weighted by molar-refractivity contribution is 5.91. The van der Waals surface area contributed by atoms with Crippen molar-refractivity contribution in [2.75, 3.05) is 4.90 Å². The first-order valence-electron chi connectivity index (χ1n) is 9.42. The molecule has 3 aromatic carbocycles. The fourth-order valence-corrected chi connectivity index (χ4v) is 3.13. The van der Waals surface area contributed by atoms with Crippen LogP contribution in [0.25, 0.3) is 5.70 Å². The lowest BCUT2D eigenvalue weighted by Gasteiger charge is -2.28. The van der Waals surface area contributed by atoms with Gasteiger partial charge in [-0.2, -0.15) is 0 Å². The van der Waals surface area contributed by atoms with Gasteiger partial charge in [-0.15, -0.1) is 0 Å². The lowest BCUT2D eigenvalue weighted by atomic mass is 10.1. The van der Waals surface area contributed by atoms with Gasteiger partial charge in [-0.3, -0.25) is 0 Å². The van der Waals surface area contributed by atoms with Gasteiger partial charge in [-0.05, 0) is 49.4 Å². The minimum Gasteiger partial charge on any atom is -0.488 e. The van der Waals surface area contributed by atoms with Crippen molar-refractivity contribution in [1.82, 2.24) is 0 Å². The third-order valence-electron chi connectivity index (χ3n) is 4.60. The molecule has 6 heteroatoms. The van der Waals surface area contributed by atoms with Crippen molar-refractivity contribution in [1.29, 1.82) is 0 Å². The van der Waals surface area contributed by atoms with E-state index in [1.807, 2.05) is 0 Å². The number of hydrogen-bond acceptors (Lipinski definition) is 3. The summed E-state index contributed by atoms with van der Waals surface area (Å²) < 4.78 is 32.9. The van der Waals surface area contributed by atoms with Crippen LogP contribution in [0.1, 0.15) is 28.4 Å². The van der Waals surface area contributed by atoms with E-state index in [0.717, 1.165) is 6.07 Å². The largest absolute Gasteiger partial charge is 0.488 e. The molecular weight excluding hydrogens is 400 g/mol. The Hall–Kier alpha value is -3.93. The molecule has 4 nitrogen and oxygen atoms in total. The fourth-order valence-electron chi connectivity index (χ4n) is 3.13. The first kappa shape index (κ1) is 21.8. The van der Waals surface area contributed by atoms with Crippen LogP contribution in [0.3, 0.4) is 0 Å². The Bertz CT molecular complexity index is 1160. The van der Waals surface area contributed by atoms with Gasteiger partial charge in [-0.25, -0.2) is 13.6 Å². The van der Waals surface area contributed by atoms with Gasteiger partial charge in [0.05, 0.1) is 5.56 Å². The number of carbonyl (C=O) groups is 1. The van der Waals surface area contributed by atoms with E-state index in [2.05, 4.69) is 13.2 Å². The van der Waals surface area contributed by atoms with Crippen LogP contribution in [0.2, 0.25) is 0 Å². The van der Waals surface area contributed by atoms with Gasteiger partial charge in [0.1, 0.15) is 24.0 Å². The summed E-state index contributed by atoms with van der Waals surface area (Å²) in [6, 6.07) is 16.8. The average molecular weight is 421 g/mol. The molecule has 0 aliphatic carbocycles. The topological polar surface area (TPSA) is 49.8 Å². The van der Waals surface area contributed by atoms with Crippen LogP contribution in [0.4, 0.5) is 14.5 Å². The lowest BCUT2D eigenvalue weighted by Crippen LogP contribution is -2.19. The maximum atomic E-state index is 14.0. The number of carboxylic acids is 1. The number of allylic oxidation sites excluding steroid dienone is 1. The van der Waals surface area contributed by atoms with Gasteiger partial charge in [0.25, 0.3) is 0 Å². The molecule has 0 atom stereocenters. The number of benzene rings is 3. The summed E-state index contributed by atoms with van der Waals surface area (Å²) in [4.78, 5) is 13.1. The smallest absolute Gasteiger partial charge is 0.335 e. The minimum absolute atomic E-state index is 0.0992. The molecule has 0 bridgehead atoms. The van der Waals surface area contributed by atoms with E-state index in [1.165, 1.54) is 24.3 Å². The van der Waals surface area contributed by atoms with Gasteiger partial charge in [-0.1, -0.05) is 31.4 Å². The average Bonchev–Trinajstić information content (AvgIpc) is 2.73. The number of rotatable bonds is 8. The minimum atomic E-state index is -1.04. The zero-order valence-corrected chi connectivity index (χ0v) is 16.9. The Kier molecular flexibility index (Phi) is 6.50. The zero-order valence-electron chi connectivity index (χ0n) is 16.9. The van der Waals surface area contributed by atoms with E-state index in [1.54, 1.807) is 48.2 Å². The third-order valence-corrected chi connectivity index (χ3v) is 4.60. The zero-order chi connectivity index (χ0) is 22.5. The second-order valence-corrected chi connectivity index (χ2v) is 6.89. The van der Waals surface area contributed by atoms with Crippen molar-refractivity contribution in [2.45, 2.75) is 13.5 Å². The molecule has 0 fully saturated rings. The summed E-state index contributed by atoms with van der Waals surface area (Å²) in [5.41, 5.74) is 2.67. The summed E-state index contributed by atoms with van der Waals surface area (Å²) in [6.07, 6.45) is 0. The molecule has 0 spiro atoms. The number of hydrogen-bond donors (Lipinski definition) is 1. The van der Waals surface area contributed by atoms with Crippen LogP contribution in [-0.2, 0) is 6.61 Å². The molecular formula is C25H21F2NO3. The summed E-state index contributed by atoms with van der Waals surface area (Å²) in [7, 11) is 0. The highest BCUT2D eigenvalue weighted by Crippen LogP contribution is 2.34. The fraction of sp³-hybridized carbons (Fsp3) is 0.0800. The summed E-state index contributed by atoms with van der Waals surface area (Å²) in [5, 5.41) is 9.31. The monoisotopic (exact) mass is 421 g/mol. The number of ether oxygens (including phenoxy) is 1. The van der Waals surface area contributed by atoms with Gasteiger partial charge >= 0.3 is 5.97 Å². The number of halogens is 2. The van der Waals surface area contributed by atoms with Crippen LogP contribution in [0, 0.1) is 11.6 Å². The number of para-hydroxylation sites is 1. The van der Waals surface area contributed by atoms with Crippen LogP contribution >= 0.6 is 0 Å². The van der Waals surface area contributed by atoms with Crippen LogP contribution in [0.5, 0.6) is 5.75 Å². The quantitative estimate of drug-likeness (QED) is 0.467. The maximum absolute atomic E-state index is 14.0. The first-order chi connectivity index (χ1) is 14.8. The summed E-state index contributed by atoms with van der Waals surface area (Å²) in [6.45, 7) is 9.82. The van der Waals surface area contributed by atoms with E-state index in [4.69, 9.17) is 4.74 Å². The van der Waals surface area contributed by atoms with Crippen molar-refractivity contribution in [3.8, 4) is 5.75 Å². The predicted molar refractivity (Wildman–Crippen MR) is 117 cm³/mol. The molecule has 3 aromatic rings. The van der Waals surface area contributed by atoms with Crippen LogP contribution in [0.15, 0.2) is 85.6 Å². The summed E-state index contributed by atoms with van der Waals surface area (Å²) >= 11 is 0. The lowest BCUT2D eigenvalue weighted by molar-refractivity contribution is 0.0697. The van der Waals surface area contributed by atoms with Crippen LogP contribution < -0.4 is 9.64 Å². The van der Waals surface area contributed by atoms with Gasteiger partial charge in [0.2, 0.25) is 0 Å². The Morgan fingerprint density at radius 2 is 1.77 bits per heavy atom. The second-order valence-electron chi connectivity index (χ2n) is 6.89. The molecule has 0 unspecified atom stereocenters. The number of aromatic carboxylic acids is 1. The molecule has 0 heterocycles. The molecule has 31 heavy (non-hydrogen) atoms. The SMILES string of the molecule is C=C(C)N(C(=C)c1ccccc1OCc1ccc(F)cc1F)c1cccc(C(=O)O)c1. The van der Waals surface area contributed by atoms with E-state index < -0.39 is 17.6 Å². The highest BCUT2D eigenvalue weighted by atomic mass is 19.1. The van der Waals surface area contributed by atoms with Crippen molar-refractivity contribution >= 4 is 17.4 Å². The Morgan fingerprint density at radius 3 is 2.45 bits per heavy atom. The Balaban J connectivity index is 1.92. The molecule has 0 aromatic heterocycles. The molecule has 0 aliphatic rings. The Morgan fingerprint density at radius 1 is 1.03 bits per heavy atom. The van der Waals surface area contributed by atoms with Gasteiger partial charge in [0, 0.05) is 34.3 Å². The van der Waals surface area contributed by atoms with Gasteiger partial charge in [0.15, 0.2) is 0 Å². The molecule has 0 aliphatic heterocycles. The molecule has 158 valence electrons. The molecule has 0 saturated carbocycles. The van der Waals surface area contributed by atoms with Crippen molar-refractivity contribution in [3.63, 3.8) is 0 Å². The van der Waals surface area contributed by atoms with Crippen molar-refractivity contribution in [3.05, 3.63) is 114 Å². The molecule has 0 amide bonds. The Labute approximate surface area is 179 Å². The van der Waals surface area contributed by atoms with E-state index in [-0.39, 0.29) is 17.7 Å². The third kappa shape index (κ3) is 4.98. The molecule has 0 saturated heterocycles.